The van der Waals surface area contributed by atoms with E-state index in [2.05, 4.69) is 0 Å². The van der Waals surface area contributed by atoms with Crippen molar-refractivity contribution >= 4 is 11.6 Å². The molecule has 0 radical (unpaired) electrons. The fourth-order valence-electron chi connectivity index (χ4n) is 2.95. The molecule has 0 atom stereocenters. The highest BCUT2D eigenvalue weighted by Gasteiger charge is 2.21. The number of halogens is 1. The van der Waals surface area contributed by atoms with Gasteiger partial charge in [0.15, 0.2) is 0 Å². The van der Waals surface area contributed by atoms with Gasteiger partial charge in [0.05, 0.1) is 19.8 Å². The summed E-state index contributed by atoms with van der Waals surface area (Å²) in [6, 6.07) is 15.7. The van der Waals surface area contributed by atoms with Crippen LogP contribution in [0.15, 0.2) is 48.5 Å². The van der Waals surface area contributed by atoms with Crippen molar-refractivity contribution in [2.45, 2.75) is 51.0 Å². The number of ether oxygens (including phenoxy) is 2. The first-order valence-electron chi connectivity index (χ1n) is 10.4. The Morgan fingerprint density at radius 3 is 1.75 bits per heavy atom. The lowest BCUT2D eigenvalue weighted by atomic mass is 10.2. The highest BCUT2D eigenvalue weighted by Crippen LogP contribution is 2.33. The molecule has 0 bridgehead atoms. The molecule has 2 aliphatic carbocycles. The van der Waals surface area contributed by atoms with Crippen molar-refractivity contribution in [3.05, 3.63) is 59.7 Å². The fourth-order valence-corrected chi connectivity index (χ4v) is 3.12. The van der Waals surface area contributed by atoms with Gasteiger partial charge in [0.2, 0.25) is 0 Å². The minimum absolute atomic E-state index is 0.0832. The van der Waals surface area contributed by atoms with E-state index in [4.69, 9.17) is 26.2 Å². The molecule has 2 fully saturated rings. The zero-order chi connectivity index (χ0) is 19.6. The van der Waals surface area contributed by atoms with E-state index in [1.165, 1.54) is 38.5 Å². The van der Waals surface area contributed by atoms with Gasteiger partial charge in [0, 0.05) is 5.88 Å². The molecule has 1 N–H and O–H groups in total. The quantitative estimate of drug-likeness (QED) is 0.498. The Bertz CT molecular complexity index is 649. The van der Waals surface area contributed by atoms with E-state index in [9.17, 15) is 0 Å². The van der Waals surface area contributed by atoms with Crippen molar-refractivity contribution in [1.29, 1.82) is 0 Å². The van der Waals surface area contributed by atoms with E-state index in [1.807, 2.05) is 48.5 Å². The van der Waals surface area contributed by atoms with Gasteiger partial charge in [-0.2, -0.15) is 0 Å². The Hall–Kier alpha value is -1.71. The molecule has 0 unspecified atom stereocenters. The molecule has 2 aromatic rings. The van der Waals surface area contributed by atoms with E-state index < -0.39 is 0 Å². The van der Waals surface area contributed by atoms with Gasteiger partial charge < -0.3 is 14.6 Å². The van der Waals surface area contributed by atoms with Crippen molar-refractivity contribution in [2.24, 2.45) is 11.8 Å². The van der Waals surface area contributed by atoms with Crippen LogP contribution in [0.2, 0.25) is 0 Å². The second-order valence-electron chi connectivity index (χ2n) is 7.75. The molecule has 0 aromatic heterocycles. The number of alkyl halides is 1. The highest BCUT2D eigenvalue weighted by atomic mass is 35.5. The second-order valence-corrected chi connectivity index (χ2v) is 8.01. The standard InChI is InChI=1S/C12H15ClO.C12H16O2/c2*13-9-11-2-1-3-12(8-11)14-7-6-10-4-5-10/h1-3,8,10H,4-7,9H2;1-3,8,10,13H,4-7,9H2. The predicted octanol–water partition coefficient (Wildman–Crippen LogP) is 5.96. The van der Waals surface area contributed by atoms with Crippen LogP contribution in [0, 0.1) is 11.8 Å². The van der Waals surface area contributed by atoms with Crippen LogP contribution in [0.25, 0.3) is 0 Å². The number of hydrogen-bond acceptors (Lipinski definition) is 3. The van der Waals surface area contributed by atoms with E-state index in [-0.39, 0.29) is 6.61 Å². The Labute approximate surface area is 173 Å². The Morgan fingerprint density at radius 1 is 0.786 bits per heavy atom. The molecule has 2 saturated carbocycles. The Morgan fingerprint density at radius 2 is 1.29 bits per heavy atom. The van der Waals surface area contributed by atoms with Crippen molar-refractivity contribution in [1.82, 2.24) is 0 Å². The third kappa shape index (κ3) is 8.12. The van der Waals surface area contributed by atoms with Gasteiger partial charge in [0.25, 0.3) is 0 Å². The van der Waals surface area contributed by atoms with E-state index >= 15 is 0 Å². The van der Waals surface area contributed by atoms with Crippen molar-refractivity contribution in [3.63, 3.8) is 0 Å². The SMILES string of the molecule is ClCc1cccc(OCCC2CC2)c1.OCc1cccc(OCCC2CC2)c1. The summed E-state index contributed by atoms with van der Waals surface area (Å²) < 4.78 is 11.2. The topological polar surface area (TPSA) is 38.7 Å². The minimum Gasteiger partial charge on any atom is -0.494 e. The van der Waals surface area contributed by atoms with Gasteiger partial charge in [-0.15, -0.1) is 11.6 Å². The minimum atomic E-state index is 0.0832. The van der Waals surface area contributed by atoms with E-state index in [0.717, 1.165) is 47.7 Å². The summed E-state index contributed by atoms with van der Waals surface area (Å²) in [6.45, 7) is 1.73. The summed E-state index contributed by atoms with van der Waals surface area (Å²) in [5, 5.41) is 8.93. The first-order chi connectivity index (χ1) is 13.8. The largest absolute Gasteiger partial charge is 0.494 e. The number of benzene rings is 2. The zero-order valence-corrected chi connectivity index (χ0v) is 17.2. The molecular formula is C24H31ClO3. The van der Waals surface area contributed by atoms with Gasteiger partial charge in [-0.05, 0) is 60.1 Å². The van der Waals surface area contributed by atoms with Crippen LogP contribution >= 0.6 is 11.6 Å². The van der Waals surface area contributed by atoms with Crippen LogP contribution in [-0.4, -0.2) is 18.3 Å². The third-order valence-electron chi connectivity index (χ3n) is 5.12. The molecule has 0 amide bonds. The monoisotopic (exact) mass is 402 g/mol. The van der Waals surface area contributed by atoms with Crippen LogP contribution < -0.4 is 9.47 Å². The molecule has 4 rings (SSSR count). The average Bonchev–Trinajstić information content (AvgIpc) is 3.65. The zero-order valence-electron chi connectivity index (χ0n) is 16.5. The molecule has 0 heterocycles. The normalized spacial score (nSPS) is 15.5. The summed E-state index contributed by atoms with van der Waals surface area (Å²) in [4.78, 5) is 0. The third-order valence-corrected chi connectivity index (χ3v) is 5.43. The number of aliphatic hydroxyl groups excluding tert-OH is 1. The lowest BCUT2D eigenvalue weighted by molar-refractivity contribution is 0.277. The van der Waals surface area contributed by atoms with E-state index in [0.29, 0.717) is 5.88 Å². The van der Waals surface area contributed by atoms with Crippen LogP contribution in [0.5, 0.6) is 11.5 Å². The number of hydrogen-bond donors (Lipinski definition) is 1. The van der Waals surface area contributed by atoms with Gasteiger partial charge in [-0.3, -0.25) is 0 Å². The van der Waals surface area contributed by atoms with Gasteiger partial charge in [-0.1, -0.05) is 49.9 Å². The molecule has 152 valence electrons. The lowest BCUT2D eigenvalue weighted by Gasteiger charge is -2.06. The molecule has 28 heavy (non-hydrogen) atoms. The number of aliphatic hydroxyl groups is 1. The maximum atomic E-state index is 8.93. The Balaban J connectivity index is 0.000000161. The lowest BCUT2D eigenvalue weighted by Crippen LogP contribution is -1.98. The summed E-state index contributed by atoms with van der Waals surface area (Å²) in [7, 11) is 0. The van der Waals surface area contributed by atoms with Crippen molar-refractivity contribution < 1.29 is 14.6 Å². The van der Waals surface area contributed by atoms with Gasteiger partial charge in [-0.25, -0.2) is 0 Å². The van der Waals surface area contributed by atoms with Crippen LogP contribution in [0.4, 0.5) is 0 Å². The molecule has 3 nitrogen and oxygen atoms in total. The first-order valence-corrected chi connectivity index (χ1v) is 10.9. The predicted molar refractivity (Wildman–Crippen MR) is 114 cm³/mol. The first kappa shape index (κ1) is 21.0. The average molecular weight is 403 g/mol. The van der Waals surface area contributed by atoms with Crippen LogP contribution in [-0.2, 0) is 12.5 Å². The maximum Gasteiger partial charge on any atom is 0.119 e. The van der Waals surface area contributed by atoms with E-state index in [1.54, 1.807) is 0 Å². The summed E-state index contributed by atoms with van der Waals surface area (Å²) in [5.41, 5.74) is 2.03. The summed E-state index contributed by atoms with van der Waals surface area (Å²) >= 11 is 5.74. The smallest absolute Gasteiger partial charge is 0.119 e. The van der Waals surface area contributed by atoms with Crippen molar-refractivity contribution in [2.75, 3.05) is 13.2 Å². The van der Waals surface area contributed by atoms with Gasteiger partial charge in [0.1, 0.15) is 11.5 Å². The highest BCUT2D eigenvalue weighted by molar-refractivity contribution is 6.17. The summed E-state index contributed by atoms with van der Waals surface area (Å²) in [5.74, 6) is 4.23. The van der Waals surface area contributed by atoms with Gasteiger partial charge >= 0.3 is 0 Å². The molecule has 2 aromatic carbocycles. The molecule has 2 aliphatic rings. The second kappa shape index (κ2) is 11.3. The maximum absolute atomic E-state index is 8.93. The molecule has 0 aliphatic heterocycles. The molecular weight excluding hydrogens is 372 g/mol. The Kier molecular flexibility index (Phi) is 8.50. The molecule has 4 heteroatoms. The van der Waals surface area contributed by atoms with Crippen molar-refractivity contribution in [3.8, 4) is 11.5 Å². The summed E-state index contributed by atoms with van der Waals surface area (Å²) in [6.07, 6.45) is 7.91. The number of rotatable bonds is 10. The molecule has 0 saturated heterocycles. The fraction of sp³-hybridized carbons (Fsp3) is 0.500. The van der Waals surface area contributed by atoms with Crippen LogP contribution in [0.3, 0.4) is 0 Å². The molecule has 0 spiro atoms. The van der Waals surface area contributed by atoms with Crippen LogP contribution in [0.1, 0.15) is 49.7 Å².